The number of rotatable bonds is 4. The van der Waals surface area contributed by atoms with Crippen molar-refractivity contribution in [3.05, 3.63) is 48.3 Å². The van der Waals surface area contributed by atoms with Crippen LogP contribution in [0.15, 0.2) is 47.6 Å². The van der Waals surface area contributed by atoms with Gasteiger partial charge < -0.3 is 4.90 Å². The number of hydrogen-bond acceptors (Lipinski definition) is 4. The van der Waals surface area contributed by atoms with Crippen molar-refractivity contribution in [1.82, 2.24) is 14.7 Å². The Hall–Kier alpha value is -2.15. The quantitative estimate of drug-likeness (QED) is 0.848. The minimum Gasteiger partial charge on any atom is -0.334 e. The van der Waals surface area contributed by atoms with E-state index in [0.29, 0.717) is 12.1 Å². The van der Waals surface area contributed by atoms with E-state index >= 15 is 0 Å². The van der Waals surface area contributed by atoms with Crippen LogP contribution in [0.1, 0.15) is 29.6 Å². The molecule has 0 unspecified atom stereocenters. The monoisotopic (exact) mass is 347 g/mol. The fourth-order valence-electron chi connectivity index (χ4n) is 3.09. The first-order valence-electron chi connectivity index (χ1n) is 8.04. The molecular weight excluding hydrogens is 326 g/mol. The average Bonchev–Trinajstić information content (AvgIpc) is 3.07. The van der Waals surface area contributed by atoms with Crippen molar-refractivity contribution in [3.8, 4) is 0 Å². The molecule has 1 amide bonds. The largest absolute Gasteiger partial charge is 0.334 e. The summed E-state index contributed by atoms with van der Waals surface area (Å²) in [6.45, 7) is 1.40. The van der Waals surface area contributed by atoms with Crippen LogP contribution in [-0.4, -0.2) is 47.8 Å². The van der Waals surface area contributed by atoms with Crippen molar-refractivity contribution in [3.63, 3.8) is 0 Å². The molecule has 0 radical (unpaired) electrons. The smallest absolute Gasteiger partial charge is 0.254 e. The van der Waals surface area contributed by atoms with Gasteiger partial charge in [-0.1, -0.05) is 0 Å². The van der Waals surface area contributed by atoms with Gasteiger partial charge in [-0.2, -0.15) is 5.10 Å². The lowest BCUT2D eigenvalue weighted by Gasteiger charge is -2.35. The summed E-state index contributed by atoms with van der Waals surface area (Å²) in [4.78, 5) is 15.0. The van der Waals surface area contributed by atoms with Crippen molar-refractivity contribution >= 4 is 15.7 Å². The molecule has 1 fully saturated rings. The van der Waals surface area contributed by atoms with Crippen LogP contribution < -0.4 is 0 Å². The number of carbonyl (C=O) groups excluding carboxylic acids is 1. The van der Waals surface area contributed by atoms with E-state index in [1.54, 1.807) is 18.3 Å². The minimum atomic E-state index is -3.25. The molecule has 1 saturated heterocycles. The molecule has 0 bridgehead atoms. The van der Waals surface area contributed by atoms with Gasteiger partial charge in [0.2, 0.25) is 0 Å². The van der Waals surface area contributed by atoms with Crippen LogP contribution in [0, 0.1) is 0 Å². The molecule has 1 aliphatic rings. The molecule has 6 nitrogen and oxygen atoms in total. The number of nitrogens with zero attached hydrogens (tertiary/aromatic N) is 3. The molecule has 1 atom stereocenters. The Kier molecular flexibility index (Phi) is 4.71. The maximum absolute atomic E-state index is 12.8. The summed E-state index contributed by atoms with van der Waals surface area (Å²) in [6.07, 6.45) is 7.84. The average molecular weight is 347 g/mol. The summed E-state index contributed by atoms with van der Waals surface area (Å²) < 4.78 is 24.9. The minimum absolute atomic E-state index is 0.0492. The zero-order valence-corrected chi connectivity index (χ0v) is 14.4. The van der Waals surface area contributed by atoms with E-state index in [4.69, 9.17) is 0 Å². The standard InChI is InChI=1S/C17H21N3O3S/c1-24(22,23)16-8-6-14(7-9-16)17(21)20-12-3-2-5-15(20)13-19-11-4-10-18-19/h4,6-11,15H,2-3,5,12-13H2,1H3/t15-/m0/s1. The Morgan fingerprint density at radius 2 is 2.00 bits per heavy atom. The molecular formula is C17H21N3O3S. The van der Waals surface area contributed by atoms with Crippen LogP contribution in [0.4, 0.5) is 0 Å². The molecule has 1 aromatic carbocycles. The highest BCUT2D eigenvalue weighted by Gasteiger charge is 2.28. The molecule has 0 saturated carbocycles. The maximum Gasteiger partial charge on any atom is 0.254 e. The summed E-state index contributed by atoms with van der Waals surface area (Å²) in [7, 11) is -3.25. The second kappa shape index (κ2) is 6.76. The first kappa shape index (κ1) is 16.7. The molecule has 0 spiro atoms. The van der Waals surface area contributed by atoms with Gasteiger partial charge in [-0.15, -0.1) is 0 Å². The van der Waals surface area contributed by atoms with Crippen LogP contribution >= 0.6 is 0 Å². The summed E-state index contributed by atoms with van der Waals surface area (Å²) in [5.41, 5.74) is 0.523. The zero-order chi connectivity index (χ0) is 17.2. The van der Waals surface area contributed by atoms with Gasteiger partial charge >= 0.3 is 0 Å². The molecule has 3 rings (SSSR count). The number of piperidine rings is 1. The fourth-order valence-corrected chi connectivity index (χ4v) is 3.72. The van der Waals surface area contributed by atoms with Gasteiger partial charge in [0.15, 0.2) is 9.84 Å². The lowest BCUT2D eigenvalue weighted by atomic mass is 10.0. The summed E-state index contributed by atoms with van der Waals surface area (Å²) in [6, 6.07) is 8.17. The lowest BCUT2D eigenvalue weighted by Crippen LogP contribution is -2.45. The van der Waals surface area contributed by atoms with E-state index in [0.717, 1.165) is 32.1 Å². The number of amides is 1. The molecule has 128 valence electrons. The van der Waals surface area contributed by atoms with Crippen molar-refractivity contribution in [2.75, 3.05) is 12.8 Å². The highest BCUT2D eigenvalue weighted by Crippen LogP contribution is 2.21. The number of hydrogen-bond donors (Lipinski definition) is 0. The van der Waals surface area contributed by atoms with Gasteiger partial charge in [0.05, 0.1) is 17.5 Å². The van der Waals surface area contributed by atoms with Gasteiger partial charge in [0.1, 0.15) is 0 Å². The second-order valence-corrected chi connectivity index (χ2v) is 8.19. The van der Waals surface area contributed by atoms with Gasteiger partial charge in [0.25, 0.3) is 5.91 Å². The lowest BCUT2D eigenvalue weighted by molar-refractivity contribution is 0.0584. The molecule has 2 heterocycles. The molecule has 24 heavy (non-hydrogen) atoms. The Balaban J connectivity index is 1.78. The fraction of sp³-hybridized carbons (Fsp3) is 0.412. The van der Waals surface area contributed by atoms with Crippen molar-refractivity contribution < 1.29 is 13.2 Å². The van der Waals surface area contributed by atoms with Gasteiger partial charge in [-0.05, 0) is 49.6 Å². The number of likely N-dealkylation sites (tertiary alicyclic amines) is 1. The van der Waals surface area contributed by atoms with Gasteiger partial charge in [0, 0.05) is 30.8 Å². The highest BCUT2D eigenvalue weighted by atomic mass is 32.2. The first-order valence-corrected chi connectivity index (χ1v) is 9.93. The third-order valence-electron chi connectivity index (χ3n) is 4.37. The van der Waals surface area contributed by atoms with Crippen LogP contribution in [0.2, 0.25) is 0 Å². The summed E-state index contributed by atoms with van der Waals surface area (Å²) in [5.74, 6) is -0.0492. The van der Waals surface area contributed by atoms with E-state index in [1.165, 1.54) is 12.1 Å². The third kappa shape index (κ3) is 3.67. The van der Waals surface area contributed by atoms with Crippen LogP contribution in [0.3, 0.4) is 0 Å². The molecule has 0 N–H and O–H groups in total. The van der Waals surface area contributed by atoms with E-state index < -0.39 is 9.84 Å². The topological polar surface area (TPSA) is 72.3 Å². The molecule has 2 aromatic rings. The Labute approximate surface area is 142 Å². The van der Waals surface area contributed by atoms with Crippen LogP contribution in [0.5, 0.6) is 0 Å². The number of carbonyl (C=O) groups is 1. The molecule has 0 aliphatic carbocycles. The molecule has 1 aromatic heterocycles. The number of aromatic nitrogens is 2. The normalized spacial score (nSPS) is 18.5. The van der Waals surface area contributed by atoms with E-state index in [-0.39, 0.29) is 16.8 Å². The van der Waals surface area contributed by atoms with E-state index in [2.05, 4.69) is 5.10 Å². The van der Waals surface area contributed by atoms with Crippen molar-refractivity contribution in [2.24, 2.45) is 0 Å². The molecule has 7 heteroatoms. The van der Waals surface area contributed by atoms with E-state index in [1.807, 2.05) is 21.8 Å². The van der Waals surface area contributed by atoms with Gasteiger partial charge in [-0.3, -0.25) is 9.48 Å². The highest BCUT2D eigenvalue weighted by molar-refractivity contribution is 7.90. The Bertz CT molecular complexity index is 798. The first-order chi connectivity index (χ1) is 11.4. The molecule has 1 aliphatic heterocycles. The van der Waals surface area contributed by atoms with Gasteiger partial charge in [-0.25, -0.2) is 8.42 Å². The zero-order valence-electron chi connectivity index (χ0n) is 13.6. The van der Waals surface area contributed by atoms with Crippen LogP contribution in [0.25, 0.3) is 0 Å². The predicted molar refractivity (Wildman–Crippen MR) is 90.5 cm³/mol. The maximum atomic E-state index is 12.8. The second-order valence-electron chi connectivity index (χ2n) is 6.17. The number of sulfone groups is 1. The Morgan fingerprint density at radius 3 is 2.62 bits per heavy atom. The predicted octanol–water partition coefficient (Wildman–Crippen LogP) is 1.98. The van der Waals surface area contributed by atoms with Crippen molar-refractivity contribution in [2.45, 2.75) is 36.7 Å². The van der Waals surface area contributed by atoms with Crippen LogP contribution in [-0.2, 0) is 16.4 Å². The summed E-state index contributed by atoms with van der Waals surface area (Å²) in [5, 5.41) is 4.23. The van der Waals surface area contributed by atoms with Crippen molar-refractivity contribution in [1.29, 1.82) is 0 Å². The van der Waals surface area contributed by atoms with E-state index in [9.17, 15) is 13.2 Å². The SMILES string of the molecule is CS(=O)(=O)c1ccc(C(=O)N2CCCC[C@H]2Cn2cccn2)cc1. The summed E-state index contributed by atoms with van der Waals surface area (Å²) >= 11 is 0. The number of benzene rings is 1. The third-order valence-corrected chi connectivity index (χ3v) is 5.50. The Morgan fingerprint density at radius 1 is 1.25 bits per heavy atom.